The summed E-state index contributed by atoms with van der Waals surface area (Å²) >= 11 is 5.94. The van der Waals surface area contributed by atoms with Gasteiger partial charge in [0, 0.05) is 30.3 Å². The molecule has 1 heterocycles. The third-order valence-electron chi connectivity index (χ3n) is 4.20. The number of hydrogen-bond donors (Lipinski definition) is 1. The molecule has 2 aromatic carbocycles. The van der Waals surface area contributed by atoms with Crippen LogP contribution in [0.4, 0.5) is 0 Å². The van der Waals surface area contributed by atoms with Gasteiger partial charge < -0.3 is 14.7 Å². The Morgan fingerprint density at radius 2 is 2.00 bits per heavy atom. The monoisotopic (exact) mass is 345 g/mol. The molecule has 1 saturated heterocycles. The van der Waals surface area contributed by atoms with Gasteiger partial charge in [-0.15, -0.1) is 0 Å². The fourth-order valence-electron chi connectivity index (χ4n) is 2.91. The molecule has 126 valence electrons. The van der Waals surface area contributed by atoms with E-state index in [0.29, 0.717) is 28.6 Å². The number of hydrogen-bond acceptors (Lipinski definition) is 3. The number of aliphatic hydroxyl groups excluding tert-OH is 1. The Labute approximate surface area is 146 Å². The van der Waals surface area contributed by atoms with Gasteiger partial charge in [0.15, 0.2) is 0 Å². The lowest BCUT2D eigenvalue weighted by Crippen LogP contribution is -2.40. The molecule has 1 unspecified atom stereocenters. The highest BCUT2D eigenvalue weighted by Crippen LogP contribution is 2.25. The van der Waals surface area contributed by atoms with Crippen LogP contribution in [-0.4, -0.2) is 35.6 Å². The van der Waals surface area contributed by atoms with Crippen LogP contribution < -0.4 is 4.74 Å². The number of piperidine rings is 1. The summed E-state index contributed by atoms with van der Waals surface area (Å²) in [4.78, 5) is 14.4. The average Bonchev–Trinajstić information content (AvgIpc) is 2.62. The zero-order valence-electron chi connectivity index (χ0n) is 13.3. The number of carbonyl (C=O) groups excluding carboxylic acids is 1. The zero-order chi connectivity index (χ0) is 16.9. The van der Waals surface area contributed by atoms with E-state index >= 15 is 0 Å². The highest BCUT2D eigenvalue weighted by Gasteiger charge is 2.23. The Kier molecular flexibility index (Phi) is 5.38. The fraction of sp³-hybridized carbons (Fsp3) is 0.316. The number of likely N-dealkylation sites (tertiary alicyclic amines) is 1. The molecule has 1 aliphatic rings. The van der Waals surface area contributed by atoms with Crippen LogP contribution in [0.1, 0.15) is 23.2 Å². The molecule has 1 N–H and O–H groups in total. The molecule has 0 saturated carbocycles. The predicted molar refractivity (Wildman–Crippen MR) is 93.7 cm³/mol. The first-order valence-electron chi connectivity index (χ1n) is 8.09. The van der Waals surface area contributed by atoms with Gasteiger partial charge in [-0.25, -0.2) is 0 Å². The summed E-state index contributed by atoms with van der Waals surface area (Å²) in [6.45, 7) is 1.50. The maximum absolute atomic E-state index is 12.6. The van der Waals surface area contributed by atoms with Crippen LogP contribution in [0, 0.1) is 5.92 Å². The van der Waals surface area contributed by atoms with Crippen molar-refractivity contribution in [1.82, 2.24) is 4.90 Å². The summed E-state index contributed by atoms with van der Waals surface area (Å²) in [5.74, 6) is 1.50. The maximum Gasteiger partial charge on any atom is 0.253 e. The van der Waals surface area contributed by atoms with E-state index in [2.05, 4.69) is 0 Å². The minimum absolute atomic E-state index is 0.00227. The molecule has 0 aromatic heterocycles. The standard InChI is InChI=1S/C19H20ClNO3/c20-16-4-1-5-18(11-16)24-17-8-6-15(7-9-17)19(23)21-10-2-3-14(12-21)13-22/h1,4-9,11,14,22H,2-3,10,12-13H2. The third-order valence-corrected chi connectivity index (χ3v) is 4.43. The minimum Gasteiger partial charge on any atom is -0.457 e. The third kappa shape index (κ3) is 4.08. The van der Waals surface area contributed by atoms with E-state index in [0.717, 1.165) is 19.4 Å². The fourth-order valence-corrected chi connectivity index (χ4v) is 3.09. The van der Waals surface area contributed by atoms with Crippen LogP contribution in [0.25, 0.3) is 0 Å². The van der Waals surface area contributed by atoms with Crippen molar-refractivity contribution in [2.24, 2.45) is 5.92 Å². The van der Waals surface area contributed by atoms with Crippen LogP contribution in [0.3, 0.4) is 0 Å². The lowest BCUT2D eigenvalue weighted by molar-refractivity contribution is 0.0620. The molecule has 0 bridgehead atoms. The summed E-state index contributed by atoms with van der Waals surface area (Å²) in [6, 6.07) is 14.3. The average molecular weight is 346 g/mol. The number of rotatable bonds is 4. The van der Waals surface area contributed by atoms with E-state index in [1.54, 1.807) is 36.4 Å². The molecular formula is C19H20ClNO3. The van der Waals surface area contributed by atoms with E-state index in [1.165, 1.54) is 0 Å². The number of ether oxygens (including phenoxy) is 1. The van der Waals surface area contributed by atoms with Crippen LogP contribution in [0.2, 0.25) is 5.02 Å². The van der Waals surface area contributed by atoms with Gasteiger partial charge in [0.05, 0.1) is 0 Å². The lowest BCUT2D eigenvalue weighted by Gasteiger charge is -2.31. The van der Waals surface area contributed by atoms with E-state index in [-0.39, 0.29) is 18.4 Å². The summed E-state index contributed by atoms with van der Waals surface area (Å²) in [5, 5.41) is 9.91. The normalized spacial score (nSPS) is 17.6. The Morgan fingerprint density at radius 1 is 1.21 bits per heavy atom. The summed E-state index contributed by atoms with van der Waals surface area (Å²) in [5.41, 5.74) is 0.632. The summed E-state index contributed by atoms with van der Waals surface area (Å²) in [7, 11) is 0. The van der Waals surface area contributed by atoms with Crippen molar-refractivity contribution in [3.05, 3.63) is 59.1 Å². The van der Waals surface area contributed by atoms with Gasteiger partial charge in [-0.1, -0.05) is 17.7 Å². The van der Waals surface area contributed by atoms with Gasteiger partial charge >= 0.3 is 0 Å². The molecule has 1 aliphatic heterocycles. The molecule has 0 aliphatic carbocycles. The van der Waals surface area contributed by atoms with Gasteiger partial charge in [-0.05, 0) is 61.2 Å². The zero-order valence-corrected chi connectivity index (χ0v) is 14.1. The van der Waals surface area contributed by atoms with Gasteiger partial charge in [-0.3, -0.25) is 4.79 Å². The molecule has 1 fully saturated rings. The SMILES string of the molecule is O=C(c1ccc(Oc2cccc(Cl)c2)cc1)N1CCCC(CO)C1. The van der Waals surface area contributed by atoms with E-state index in [4.69, 9.17) is 16.3 Å². The number of halogens is 1. The highest BCUT2D eigenvalue weighted by atomic mass is 35.5. The second-order valence-corrected chi connectivity index (χ2v) is 6.46. The first-order chi connectivity index (χ1) is 11.7. The molecular weight excluding hydrogens is 326 g/mol. The molecule has 1 atom stereocenters. The lowest BCUT2D eigenvalue weighted by atomic mass is 9.98. The molecule has 1 amide bonds. The second kappa shape index (κ2) is 7.69. The molecule has 0 radical (unpaired) electrons. The Hall–Kier alpha value is -2.04. The van der Waals surface area contributed by atoms with Gasteiger partial charge in [0.2, 0.25) is 0 Å². The van der Waals surface area contributed by atoms with Crippen LogP contribution in [0.15, 0.2) is 48.5 Å². The Balaban J connectivity index is 1.66. The number of nitrogens with zero attached hydrogens (tertiary/aromatic N) is 1. The number of benzene rings is 2. The summed E-state index contributed by atoms with van der Waals surface area (Å²) in [6.07, 6.45) is 1.92. The Bertz CT molecular complexity index is 702. The van der Waals surface area contributed by atoms with Crippen LogP contribution in [-0.2, 0) is 0 Å². The number of amides is 1. The smallest absolute Gasteiger partial charge is 0.253 e. The van der Waals surface area contributed by atoms with Crippen molar-refractivity contribution in [2.75, 3.05) is 19.7 Å². The highest BCUT2D eigenvalue weighted by molar-refractivity contribution is 6.30. The molecule has 2 aromatic rings. The minimum atomic E-state index is 0.00227. The van der Waals surface area contributed by atoms with Crippen molar-refractivity contribution in [3.8, 4) is 11.5 Å². The molecule has 5 heteroatoms. The van der Waals surface area contributed by atoms with E-state index in [1.807, 2.05) is 17.0 Å². The molecule has 3 rings (SSSR count). The quantitative estimate of drug-likeness (QED) is 0.912. The molecule has 0 spiro atoms. The van der Waals surface area contributed by atoms with Crippen molar-refractivity contribution in [1.29, 1.82) is 0 Å². The second-order valence-electron chi connectivity index (χ2n) is 6.03. The van der Waals surface area contributed by atoms with Gasteiger partial charge in [0.1, 0.15) is 11.5 Å². The van der Waals surface area contributed by atoms with Gasteiger partial charge in [-0.2, -0.15) is 0 Å². The Morgan fingerprint density at radius 3 is 2.71 bits per heavy atom. The van der Waals surface area contributed by atoms with E-state index < -0.39 is 0 Å². The van der Waals surface area contributed by atoms with Crippen molar-refractivity contribution < 1.29 is 14.6 Å². The van der Waals surface area contributed by atoms with Crippen LogP contribution in [0.5, 0.6) is 11.5 Å². The largest absolute Gasteiger partial charge is 0.457 e. The number of aliphatic hydroxyl groups is 1. The maximum atomic E-state index is 12.6. The number of carbonyl (C=O) groups is 1. The molecule has 24 heavy (non-hydrogen) atoms. The first-order valence-corrected chi connectivity index (χ1v) is 8.47. The van der Waals surface area contributed by atoms with Crippen molar-refractivity contribution in [3.63, 3.8) is 0 Å². The topological polar surface area (TPSA) is 49.8 Å². The molecule has 4 nitrogen and oxygen atoms in total. The predicted octanol–water partition coefficient (Wildman–Crippen LogP) is 3.98. The van der Waals surface area contributed by atoms with Crippen molar-refractivity contribution >= 4 is 17.5 Å². The van der Waals surface area contributed by atoms with Crippen LogP contribution >= 0.6 is 11.6 Å². The van der Waals surface area contributed by atoms with Crippen molar-refractivity contribution in [2.45, 2.75) is 12.8 Å². The van der Waals surface area contributed by atoms with E-state index in [9.17, 15) is 9.90 Å². The summed E-state index contributed by atoms with van der Waals surface area (Å²) < 4.78 is 5.73. The van der Waals surface area contributed by atoms with Gasteiger partial charge in [0.25, 0.3) is 5.91 Å². The first kappa shape index (κ1) is 16.8.